The van der Waals surface area contributed by atoms with E-state index in [-0.39, 0.29) is 24.3 Å². The molecule has 1 saturated carbocycles. The summed E-state index contributed by atoms with van der Waals surface area (Å²) in [5, 5.41) is 0. The van der Waals surface area contributed by atoms with Crippen molar-refractivity contribution in [3.05, 3.63) is 59.9 Å². The summed E-state index contributed by atoms with van der Waals surface area (Å²) in [6.07, 6.45) is 3.73. The Bertz CT molecular complexity index is 843. The lowest BCUT2D eigenvalue weighted by Gasteiger charge is -2.29. The average Bonchev–Trinajstić information content (AvgIpc) is 3.43. The van der Waals surface area contributed by atoms with Crippen LogP contribution in [0.15, 0.2) is 48.7 Å². The molecule has 1 aliphatic rings. The van der Waals surface area contributed by atoms with E-state index in [1.54, 1.807) is 4.90 Å². The van der Waals surface area contributed by atoms with Crippen LogP contribution < -0.4 is 0 Å². The summed E-state index contributed by atoms with van der Waals surface area (Å²) in [7, 11) is 2.00. The van der Waals surface area contributed by atoms with E-state index >= 15 is 0 Å². The summed E-state index contributed by atoms with van der Waals surface area (Å²) in [6, 6.07) is 14.3. The third-order valence-corrected chi connectivity index (χ3v) is 5.81. The molecule has 2 atom stereocenters. The summed E-state index contributed by atoms with van der Waals surface area (Å²) in [5.41, 5.74) is 2.33. The van der Waals surface area contributed by atoms with Crippen LogP contribution in [0.4, 0.5) is 0 Å². The molecule has 30 heavy (non-hydrogen) atoms. The molecule has 1 aromatic heterocycles. The second-order valence-corrected chi connectivity index (χ2v) is 8.90. The molecule has 5 nitrogen and oxygen atoms in total. The minimum absolute atomic E-state index is 0.0122. The summed E-state index contributed by atoms with van der Waals surface area (Å²) < 4.78 is 2.05. The zero-order valence-electron chi connectivity index (χ0n) is 18.8. The van der Waals surface area contributed by atoms with E-state index in [1.165, 1.54) is 5.56 Å². The van der Waals surface area contributed by atoms with E-state index in [1.807, 2.05) is 53.0 Å². The molecular weight excluding hydrogens is 374 g/mol. The van der Waals surface area contributed by atoms with Crippen LogP contribution >= 0.6 is 0 Å². The monoisotopic (exact) mass is 409 g/mol. The maximum Gasteiger partial charge on any atom is 0.242 e. The van der Waals surface area contributed by atoms with Gasteiger partial charge in [0.15, 0.2) is 0 Å². The minimum Gasteiger partial charge on any atom is -0.353 e. The maximum atomic E-state index is 13.2. The van der Waals surface area contributed by atoms with Gasteiger partial charge in [-0.3, -0.25) is 9.59 Å². The number of aromatic nitrogens is 1. The lowest BCUT2D eigenvalue weighted by Crippen LogP contribution is -2.44. The van der Waals surface area contributed by atoms with E-state index in [0.717, 1.165) is 18.5 Å². The van der Waals surface area contributed by atoms with Gasteiger partial charge >= 0.3 is 0 Å². The molecule has 0 N–H and O–H groups in total. The van der Waals surface area contributed by atoms with Crippen LogP contribution in [0.2, 0.25) is 0 Å². The van der Waals surface area contributed by atoms with Gasteiger partial charge in [0.2, 0.25) is 11.8 Å². The van der Waals surface area contributed by atoms with Crippen LogP contribution in [-0.2, 0) is 23.2 Å². The Balaban J connectivity index is 1.66. The Morgan fingerprint density at radius 3 is 2.43 bits per heavy atom. The Labute approximate surface area is 180 Å². The number of hydrogen-bond donors (Lipinski definition) is 0. The average molecular weight is 410 g/mol. The molecule has 1 heterocycles. The predicted molar refractivity (Wildman–Crippen MR) is 120 cm³/mol. The van der Waals surface area contributed by atoms with Crippen molar-refractivity contribution in [1.82, 2.24) is 14.4 Å². The summed E-state index contributed by atoms with van der Waals surface area (Å²) >= 11 is 0. The van der Waals surface area contributed by atoms with Gasteiger partial charge in [0, 0.05) is 37.9 Å². The van der Waals surface area contributed by atoms with Crippen molar-refractivity contribution in [2.24, 2.45) is 18.9 Å². The second kappa shape index (κ2) is 9.96. The molecule has 2 amide bonds. The van der Waals surface area contributed by atoms with Crippen molar-refractivity contribution in [2.75, 3.05) is 19.6 Å². The fraction of sp³-hybridized carbons (Fsp3) is 0.520. The van der Waals surface area contributed by atoms with Gasteiger partial charge in [-0.05, 0) is 42.4 Å². The van der Waals surface area contributed by atoms with E-state index in [2.05, 4.69) is 32.9 Å². The van der Waals surface area contributed by atoms with Crippen molar-refractivity contribution < 1.29 is 9.59 Å². The summed E-state index contributed by atoms with van der Waals surface area (Å²) in [6.45, 7) is 8.36. The molecule has 0 saturated heterocycles. The number of carbonyl (C=O) groups is 2. The lowest BCUT2D eigenvalue weighted by atomic mass is 10.1. The Kier molecular flexibility index (Phi) is 7.35. The number of amides is 2. The molecule has 0 aliphatic heterocycles. The lowest BCUT2D eigenvalue weighted by molar-refractivity contribution is -0.142. The first-order valence-electron chi connectivity index (χ1n) is 11.1. The van der Waals surface area contributed by atoms with Crippen LogP contribution in [0.25, 0.3) is 0 Å². The van der Waals surface area contributed by atoms with Gasteiger partial charge < -0.3 is 14.4 Å². The van der Waals surface area contributed by atoms with Gasteiger partial charge in [-0.2, -0.15) is 0 Å². The standard InChI is InChI=1S/C25H35N3O2/c1-5-13-27(25(30)23-15-22(23)20-10-7-6-8-11-20)18-24(29)28(16-19(2)3)17-21-12-9-14-26(21)4/h6-12,14,19,22-23H,5,13,15-18H2,1-4H3/t22-,23-/m0/s1. The molecule has 1 fully saturated rings. The third-order valence-electron chi connectivity index (χ3n) is 5.81. The SMILES string of the molecule is CCCN(CC(=O)N(Cc1cccn1C)CC(C)C)C(=O)[C@H]1C[C@H]1c1ccccc1. The Morgan fingerprint density at radius 2 is 1.83 bits per heavy atom. The van der Waals surface area contributed by atoms with Gasteiger partial charge in [0.05, 0.1) is 13.1 Å². The highest BCUT2D eigenvalue weighted by Crippen LogP contribution is 2.48. The van der Waals surface area contributed by atoms with E-state index in [4.69, 9.17) is 0 Å². The number of aryl methyl sites for hydroxylation is 1. The van der Waals surface area contributed by atoms with Crippen molar-refractivity contribution in [2.45, 2.75) is 46.1 Å². The molecule has 162 valence electrons. The summed E-state index contributed by atoms with van der Waals surface area (Å²) in [5.74, 6) is 0.836. The van der Waals surface area contributed by atoms with Crippen molar-refractivity contribution in [1.29, 1.82) is 0 Å². The van der Waals surface area contributed by atoms with E-state index < -0.39 is 0 Å². The number of benzene rings is 1. The molecule has 5 heteroatoms. The number of hydrogen-bond acceptors (Lipinski definition) is 2. The predicted octanol–water partition coefficient (Wildman–Crippen LogP) is 4.05. The zero-order chi connectivity index (χ0) is 21.7. The molecule has 0 spiro atoms. The van der Waals surface area contributed by atoms with Crippen LogP contribution in [0.5, 0.6) is 0 Å². The van der Waals surface area contributed by atoms with Crippen LogP contribution in [0.1, 0.15) is 50.8 Å². The fourth-order valence-electron chi connectivity index (χ4n) is 4.12. The highest BCUT2D eigenvalue weighted by molar-refractivity contribution is 5.88. The normalized spacial score (nSPS) is 17.8. The number of rotatable bonds is 10. The molecule has 1 aliphatic carbocycles. The second-order valence-electron chi connectivity index (χ2n) is 8.90. The molecule has 0 bridgehead atoms. The first kappa shape index (κ1) is 22.1. The molecule has 0 unspecified atom stereocenters. The first-order chi connectivity index (χ1) is 14.4. The number of carbonyl (C=O) groups excluding carboxylic acids is 2. The minimum atomic E-state index is 0.0122. The van der Waals surface area contributed by atoms with Gasteiger partial charge in [0.1, 0.15) is 0 Å². The smallest absolute Gasteiger partial charge is 0.242 e. The zero-order valence-corrected chi connectivity index (χ0v) is 18.8. The Hall–Kier alpha value is -2.56. The highest BCUT2D eigenvalue weighted by Gasteiger charge is 2.45. The van der Waals surface area contributed by atoms with Gasteiger partial charge in [-0.25, -0.2) is 0 Å². The molecule has 2 aromatic rings. The van der Waals surface area contributed by atoms with Crippen LogP contribution in [0, 0.1) is 11.8 Å². The summed E-state index contributed by atoms with van der Waals surface area (Å²) in [4.78, 5) is 30.1. The molecular formula is C25H35N3O2. The van der Waals surface area contributed by atoms with Crippen molar-refractivity contribution >= 4 is 11.8 Å². The fourth-order valence-corrected chi connectivity index (χ4v) is 4.12. The van der Waals surface area contributed by atoms with Crippen LogP contribution in [0.3, 0.4) is 0 Å². The third kappa shape index (κ3) is 5.53. The van der Waals surface area contributed by atoms with Crippen molar-refractivity contribution in [3.8, 4) is 0 Å². The molecule has 1 aromatic carbocycles. The van der Waals surface area contributed by atoms with Crippen molar-refractivity contribution in [3.63, 3.8) is 0 Å². The van der Waals surface area contributed by atoms with Gasteiger partial charge in [-0.1, -0.05) is 51.1 Å². The molecule has 3 rings (SSSR count). The van der Waals surface area contributed by atoms with E-state index in [9.17, 15) is 9.59 Å². The van der Waals surface area contributed by atoms with E-state index in [0.29, 0.717) is 31.5 Å². The maximum absolute atomic E-state index is 13.2. The quantitative estimate of drug-likeness (QED) is 0.594. The molecule has 0 radical (unpaired) electrons. The highest BCUT2D eigenvalue weighted by atomic mass is 16.2. The number of nitrogens with zero attached hydrogens (tertiary/aromatic N) is 3. The van der Waals surface area contributed by atoms with Gasteiger partial charge in [0.25, 0.3) is 0 Å². The largest absolute Gasteiger partial charge is 0.353 e. The first-order valence-corrected chi connectivity index (χ1v) is 11.1. The van der Waals surface area contributed by atoms with Gasteiger partial charge in [-0.15, -0.1) is 0 Å². The van der Waals surface area contributed by atoms with Crippen LogP contribution in [-0.4, -0.2) is 45.8 Å². The topological polar surface area (TPSA) is 45.6 Å². The Morgan fingerprint density at radius 1 is 1.10 bits per heavy atom.